The third-order valence-electron chi connectivity index (χ3n) is 7.31. The summed E-state index contributed by atoms with van der Waals surface area (Å²) in [5, 5.41) is 4.68. The molecule has 3 amide bonds. The van der Waals surface area contributed by atoms with E-state index >= 15 is 0 Å². The summed E-state index contributed by atoms with van der Waals surface area (Å²) in [4.78, 5) is 27.2. The van der Waals surface area contributed by atoms with Gasteiger partial charge in [-0.15, -0.1) is 0 Å². The number of carbonyl (C=O) groups is 2. The fraction of sp³-hybridized carbons (Fsp3) is 0.286. The van der Waals surface area contributed by atoms with Gasteiger partial charge in [0.1, 0.15) is 12.8 Å². The molecule has 2 aliphatic heterocycles. The average molecular weight is 469 g/mol. The Balaban J connectivity index is 1.05. The Morgan fingerprint density at radius 3 is 2.11 bits per heavy atom. The average Bonchev–Trinajstić information content (AvgIpc) is 3.46. The number of hydrogen-bond donors (Lipinski definition) is 2. The van der Waals surface area contributed by atoms with E-state index in [0.717, 1.165) is 5.56 Å². The summed E-state index contributed by atoms with van der Waals surface area (Å²) in [6.07, 6.45) is 0.883. The first-order chi connectivity index (χ1) is 17.2. The summed E-state index contributed by atoms with van der Waals surface area (Å²) in [5.74, 6) is 0.0521. The SMILES string of the molecule is O=C(OCC1c2ccccc2-c2ccccc21)N1CCC(N2NC(c3ccccc3)NC2=O)CC1. The van der Waals surface area contributed by atoms with Crippen LogP contribution >= 0.6 is 0 Å². The number of ether oxygens (including phenoxy) is 1. The Bertz CT molecular complexity index is 1190. The third kappa shape index (κ3) is 4.02. The number of fused-ring (bicyclic) bond motifs is 3. The number of piperidine rings is 1. The van der Waals surface area contributed by atoms with Gasteiger partial charge in [0.15, 0.2) is 0 Å². The Morgan fingerprint density at radius 1 is 0.857 bits per heavy atom. The van der Waals surface area contributed by atoms with Crippen molar-refractivity contribution in [1.29, 1.82) is 0 Å². The van der Waals surface area contributed by atoms with E-state index in [1.54, 1.807) is 9.91 Å². The van der Waals surface area contributed by atoms with E-state index in [1.165, 1.54) is 22.3 Å². The molecule has 6 rings (SSSR count). The van der Waals surface area contributed by atoms with Crippen molar-refractivity contribution in [3.63, 3.8) is 0 Å². The molecule has 3 aromatic carbocycles. The molecule has 0 saturated carbocycles. The van der Waals surface area contributed by atoms with Crippen molar-refractivity contribution in [2.24, 2.45) is 0 Å². The van der Waals surface area contributed by atoms with E-state index in [-0.39, 0.29) is 30.2 Å². The van der Waals surface area contributed by atoms with E-state index in [0.29, 0.717) is 32.5 Å². The molecule has 0 aromatic heterocycles. The minimum Gasteiger partial charge on any atom is -0.448 e. The molecule has 2 heterocycles. The van der Waals surface area contributed by atoms with Crippen molar-refractivity contribution >= 4 is 12.1 Å². The summed E-state index contributed by atoms with van der Waals surface area (Å²) in [5.41, 5.74) is 9.15. The number of likely N-dealkylation sites (tertiary alicyclic amines) is 1. The molecule has 1 unspecified atom stereocenters. The second kappa shape index (κ2) is 9.07. The molecule has 0 spiro atoms. The van der Waals surface area contributed by atoms with Crippen molar-refractivity contribution in [2.75, 3.05) is 19.7 Å². The van der Waals surface area contributed by atoms with Crippen molar-refractivity contribution in [1.82, 2.24) is 20.7 Å². The van der Waals surface area contributed by atoms with E-state index in [9.17, 15) is 9.59 Å². The molecule has 0 radical (unpaired) electrons. The van der Waals surface area contributed by atoms with Crippen LogP contribution < -0.4 is 10.7 Å². The summed E-state index contributed by atoms with van der Waals surface area (Å²) in [7, 11) is 0. The van der Waals surface area contributed by atoms with Crippen LogP contribution in [-0.2, 0) is 4.74 Å². The number of amides is 3. The predicted octanol–water partition coefficient (Wildman–Crippen LogP) is 4.63. The third-order valence-corrected chi connectivity index (χ3v) is 7.31. The van der Waals surface area contributed by atoms with Crippen LogP contribution in [0.3, 0.4) is 0 Å². The topological polar surface area (TPSA) is 73.9 Å². The first kappa shape index (κ1) is 21.7. The predicted molar refractivity (Wildman–Crippen MR) is 132 cm³/mol. The number of carbonyl (C=O) groups excluding carboxylic acids is 2. The second-order valence-corrected chi connectivity index (χ2v) is 9.31. The zero-order valence-electron chi connectivity index (χ0n) is 19.4. The number of rotatable bonds is 4. The van der Waals surface area contributed by atoms with Crippen molar-refractivity contribution in [3.8, 4) is 11.1 Å². The molecule has 35 heavy (non-hydrogen) atoms. The lowest BCUT2D eigenvalue weighted by molar-refractivity contribution is 0.0711. The molecule has 1 atom stereocenters. The first-order valence-electron chi connectivity index (χ1n) is 12.2. The number of benzene rings is 3. The second-order valence-electron chi connectivity index (χ2n) is 9.31. The van der Waals surface area contributed by atoms with Crippen LogP contribution in [0.15, 0.2) is 78.9 Å². The molecule has 178 valence electrons. The van der Waals surface area contributed by atoms with E-state index in [1.807, 2.05) is 54.6 Å². The molecule has 7 heteroatoms. The molecular formula is C28H28N4O3. The minimum absolute atomic E-state index is 0.0290. The van der Waals surface area contributed by atoms with Crippen molar-refractivity contribution in [2.45, 2.75) is 31.0 Å². The van der Waals surface area contributed by atoms with Gasteiger partial charge >= 0.3 is 12.1 Å². The van der Waals surface area contributed by atoms with Crippen molar-refractivity contribution in [3.05, 3.63) is 95.6 Å². The minimum atomic E-state index is -0.286. The van der Waals surface area contributed by atoms with Crippen LogP contribution in [0.4, 0.5) is 9.59 Å². The maximum Gasteiger partial charge on any atom is 0.409 e. The van der Waals surface area contributed by atoms with Crippen LogP contribution in [0.1, 0.15) is 41.6 Å². The molecule has 2 N–H and O–H groups in total. The summed E-state index contributed by atoms with van der Waals surface area (Å²) >= 11 is 0. The number of nitrogens with one attached hydrogen (secondary N) is 2. The highest BCUT2D eigenvalue weighted by molar-refractivity contribution is 5.79. The maximum atomic E-state index is 12.9. The zero-order valence-corrected chi connectivity index (χ0v) is 19.4. The molecular weight excluding hydrogens is 440 g/mol. The van der Waals surface area contributed by atoms with Gasteiger partial charge in [-0.25, -0.2) is 15.0 Å². The monoisotopic (exact) mass is 468 g/mol. The lowest BCUT2D eigenvalue weighted by Gasteiger charge is -2.35. The highest BCUT2D eigenvalue weighted by Gasteiger charge is 2.37. The molecule has 3 aromatic rings. The van der Waals surface area contributed by atoms with Gasteiger partial charge in [-0.1, -0.05) is 78.9 Å². The van der Waals surface area contributed by atoms with E-state index < -0.39 is 0 Å². The zero-order chi connectivity index (χ0) is 23.8. The van der Waals surface area contributed by atoms with Gasteiger partial charge in [0.05, 0.1) is 6.04 Å². The van der Waals surface area contributed by atoms with Crippen LogP contribution in [0.25, 0.3) is 11.1 Å². The quantitative estimate of drug-likeness (QED) is 0.586. The van der Waals surface area contributed by atoms with E-state index in [4.69, 9.17) is 4.74 Å². The van der Waals surface area contributed by atoms with Crippen LogP contribution in [-0.4, -0.2) is 47.8 Å². The highest BCUT2D eigenvalue weighted by atomic mass is 16.6. The van der Waals surface area contributed by atoms with E-state index in [2.05, 4.69) is 35.0 Å². The Morgan fingerprint density at radius 2 is 1.46 bits per heavy atom. The molecule has 2 saturated heterocycles. The van der Waals surface area contributed by atoms with Gasteiger partial charge in [0.2, 0.25) is 0 Å². The maximum absolute atomic E-state index is 12.9. The lowest BCUT2D eigenvalue weighted by atomic mass is 9.98. The first-order valence-corrected chi connectivity index (χ1v) is 12.2. The molecule has 0 bridgehead atoms. The van der Waals surface area contributed by atoms with Gasteiger partial charge in [-0.2, -0.15) is 0 Å². The van der Waals surface area contributed by atoms with Crippen LogP contribution in [0, 0.1) is 0 Å². The molecule has 3 aliphatic rings. The fourth-order valence-electron chi connectivity index (χ4n) is 5.49. The van der Waals surface area contributed by atoms with Crippen molar-refractivity contribution < 1.29 is 14.3 Å². The number of hydrazine groups is 1. The normalized spacial score (nSPS) is 19.9. The summed E-state index contributed by atoms with van der Waals surface area (Å²) < 4.78 is 5.81. The van der Waals surface area contributed by atoms with Gasteiger partial charge in [-0.3, -0.25) is 5.01 Å². The van der Waals surface area contributed by atoms with Gasteiger partial charge in [-0.05, 0) is 40.7 Å². The Hall–Kier alpha value is -3.84. The lowest BCUT2D eigenvalue weighted by Crippen LogP contribution is -2.50. The standard InChI is InChI=1S/C28H28N4O3/c33-27-29-26(19-8-2-1-3-9-19)30-32(27)20-14-16-31(17-15-20)28(34)35-18-25-23-12-6-4-10-21(23)22-11-5-7-13-24(22)25/h1-13,20,25-26,30H,14-18H2,(H,29,33). The smallest absolute Gasteiger partial charge is 0.409 e. The van der Waals surface area contributed by atoms with Gasteiger partial charge in [0.25, 0.3) is 0 Å². The largest absolute Gasteiger partial charge is 0.448 e. The fourth-order valence-corrected chi connectivity index (χ4v) is 5.49. The highest BCUT2D eigenvalue weighted by Crippen LogP contribution is 2.44. The number of urea groups is 1. The Labute approximate surface area is 204 Å². The van der Waals surface area contributed by atoms with Crippen LogP contribution in [0.2, 0.25) is 0 Å². The van der Waals surface area contributed by atoms with Crippen LogP contribution in [0.5, 0.6) is 0 Å². The van der Waals surface area contributed by atoms with Gasteiger partial charge in [0, 0.05) is 19.0 Å². The molecule has 1 aliphatic carbocycles. The molecule has 7 nitrogen and oxygen atoms in total. The van der Waals surface area contributed by atoms with Gasteiger partial charge < -0.3 is 15.0 Å². The summed E-state index contributed by atoms with van der Waals surface area (Å²) in [6, 6.07) is 26.4. The number of hydrogen-bond acceptors (Lipinski definition) is 4. The Kier molecular flexibility index (Phi) is 5.62. The summed E-state index contributed by atoms with van der Waals surface area (Å²) in [6.45, 7) is 1.44. The number of nitrogens with zero attached hydrogens (tertiary/aromatic N) is 2. The molecule has 2 fully saturated rings.